The molecule has 0 amide bonds. The third-order valence-electron chi connectivity index (χ3n) is 5.25. The predicted octanol–water partition coefficient (Wildman–Crippen LogP) is 2.56. The van der Waals surface area contributed by atoms with Gasteiger partial charge < -0.3 is 14.8 Å². The first-order valence-electron chi connectivity index (χ1n) is 9.34. The van der Waals surface area contributed by atoms with Gasteiger partial charge in [0, 0.05) is 24.1 Å². The fourth-order valence-corrected chi connectivity index (χ4v) is 3.57. The van der Waals surface area contributed by atoms with Crippen molar-refractivity contribution in [1.29, 1.82) is 0 Å². The molecule has 0 atom stereocenters. The summed E-state index contributed by atoms with van der Waals surface area (Å²) in [6, 6.07) is 2.97. The Morgan fingerprint density at radius 3 is 2.64 bits per heavy atom. The van der Waals surface area contributed by atoms with Crippen LogP contribution in [0.3, 0.4) is 0 Å². The molecule has 2 aliphatic carbocycles. The van der Waals surface area contributed by atoms with Crippen LogP contribution in [0.2, 0.25) is 0 Å². The molecule has 0 bridgehead atoms. The minimum atomic E-state index is 0.335. The van der Waals surface area contributed by atoms with Crippen molar-refractivity contribution in [3.05, 3.63) is 29.2 Å². The zero-order valence-electron chi connectivity index (χ0n) is 15.4. The fourth-order valence-electron chi connectivity index (χ4n) is 3.57. The lowest BCUT2D eigenvalue weighted by Crippen LogP contribution is -2.36. The third-order valence-corrected chi connectivity index (χ3v) is 5.25. The van der Waals surface area contributed by atoms with E-state index in [1.807, 2.05) is 6.07 Å². The molecule has 25 heavy (non-hydrogen) atoms. The number of aromatic nitrogens is 4. The Balaban J connectivity index is 1.44. The highest BCUT2D eigenvalue weighted by Crippen LogP contribution is 2.42. The lowest BCUT2D eigenvalue weighted by molar-refractivity contribution is 0.256. The molecule has 4 rings (SSSR count). The summed E-state index contributed by atoms with van der Waals surface area (Å²) in [6.45, 7) is 5.73. The number of hydrogen-bond donors (Lipinski definition) is 1. The maximum absolute atomic E-state index is 5.96. The van der Waals surface area contributed by atoms with Crippen LogP contribution in [0.4, 0.5) is 0 Å². The van der Waals surface area contributed by atoms with E-state index >= 15 is 0 Å². The van der Waals surface area contributed by atoms with Crippen LogP contribution in [-0.4, -0.2) is 37.9 Å². The van der Waals surface area contributed by atoms with Gasteiger partial charge in [-0.25, -0.2) is 0 Å². The standard InChI is InChI=1S/C18H28N6O/c1-11(2)16-8-15(25-22-16)9-23(3)10-17-20-21-18(12-6-13(19)7-12)24(17)14-4-5-14/h8,11-14H,4-7,9-10,19H2,1-3H3. The molecule has 0 aliphatic heterocycles. The molecule has 7 nitrogen and oxygen atoms in total. The Bertz CT molecular complexity index is 726. The van der Waals surface area contributed by atoms with Crippen LogP contribution in [0, 0.1) is 0 Å². The largest absolute Gasteiger partial charge is 0.360 e. The summed E-state index contributed by atoms with van der Waals surface area (Å²) >= 11 is 0. The molecule has 0 aromatic carbocycles. The maximum atomic E-state index is 5.96. The number of nitrogens with zero attached hydrogens (tertiary/aromatic N) is 5. The van der Waals surface area contributed by atoms with Gasteiger partial charge in [-0.3, -0.25) is 4.90 Å². The van der Waals surface area contributed by atoms with Crippen LogP contribution in [0.5, 0.6) is 0 Å². The summed E-state index contributed by atoms with van der Waals surface area (Å²) in [5, 5.41) is 13.2. The van der Waals surface area contributed by atoms with Gasteiger partial charge in [0.15, 0.2) is 5.76 Å². The van der Waals surface area contributed by atoms with Crippen molar-refractivity contribution in [3.8, 4) is 0 Å². The van der Waals surface area contributed by atoms with E-state index in [9.17, 15) is 0 Å². The first kappa shape index (κ1) is 16.7. The summed E-state index contributed by atoms with van der Waals surface area (Å²) in [7, 11) is 2.09. The first-order valence-corrected chi connectivity index (χ1v) is 9.34. The van der Waals surface area contributed by atoms with E-state index in [4.69, 9.17) is 10.3 Å². The van der Waals surface area contributed by atoms with Crippen LogP contribution in [0.1, 0.15) is 80.5 Å². The lowest BCUT2D eigenvalue weighted by Gasteiger charge is -2.32. The summed E-state index contributed by atoms with van der Waals surface area (Å²) in [4.78, 5) is 2.21. The van der Waals surface area contributed by atoms with Gasteiger partial charge in [0.05, 0.1) is 18.8 Å². The molecule has 0 unspecified atom stereocenters. The molecule has 2 fully saturated rings. The van der Waals surface area contributed by atoms with Gasteiger partial charge >= 0.3 is 0 Å². The highest BCUT2D eigenvalue weighted by molar-refractivity contribution is 5.12. The Labute approximate surface area is 148 Å². The second-order valence-electron chi connectivity index (χ2n) is 8.05. The summed E-state index contributed by atoms with van der Waals surface area (Å²) < 4.78 is 7.84. The van der Waals surface area contributed by atoms with Crippen molar-refractivity contribution in [2.45, 2.75) is 76.5 Å². The van der Waals surface area contributed by atoms with Gasteiger partial charge in [0.2, 0.25) is 0 Å². The zero-order chi connectivity index (χ0) is 17.6. The van der Waals surface area contributed by atoms with Crippen molar-refractivity contribution in [3.63, 3.8) is 0 Å². The second-order valence-corrected chi connectivity index (χ2v) is 8.05. The van der Waals surface area contributed by atoms with E-state index < -0.39 is 0 Å². The molecule has 2 heterocycles. The van der Waals surface area contributed by atoms with Crippen molar-refractivity contribution in [1.82, 2.24) is 24.8 Å². The van der Waals surface area contributed by atoms with E-state index in [1.165, 1.54) is 12.8 Å². The Morgan fingerprint density at radius 1 is 1.28 bits per heavy atom. The lowest BCUT2D eigenvalue weighted by atomic mass is 9.80. The van der Waals surface area contributed by atoms with Gasteiger partial charge in [-0.1, -0.05) is 19.0 Å². The molecule has 0 saturated heterocycles. The average Bonchev–Trinajstić information content (AvgIpc) is 3.11. The molecular weight excluding hydrogens is 316 g/mol. The summed E-state index contributed by atoms with van der Waals surface area (Å²) in [5.41, 5.74) is 6.97. The molecule has 2 aromatic rings. The van der Waals surface area contributed by atoms with E-state index in [2.05, 4.69) is 45.7 Å². The van der Waals surface area contributed by atoms with Crippen molar-refractivity contribution >= 4 is 0 Å². The van der Waals surface area contributed by atoms with Crippen molar-refractivity contribution in [2.24, 2.45) is 5.73 Å². The van der Waals surface area contributed by atoms with Crippen LogP contribution in [-0.2, 0) is 13.1 Å². The summed E-state index contributed by atoms with van der Waals surface area (Å²) in [6.07, 6.45) is 4.55. The SMILES string of the molecule is CC(C)c1cc(CN(C)Cc2nnc(C3CC(N)C3)n2C2CC2)on1. The highest BCUT2D eigenvalue weighted by atomic mass is 16.5. The van der Waals surface area contributed by atoms with E-state index in [-0.39, 0.29) is 0 Å². The van der Waals surface area contributed by atoms with E-state index in [0.29, 0.717) is 23.9 Å². The molecule has 0 radical (unpaired) electrons. The predicted molar refractivity (Wildman–Crippen MR) is 94.0 cm³/mol. The van der Waals surface area contributed by atoms with Gasteiger partial charge in [0.1, 0.15) is 11.6 Å². The molecular formula is C18H28N6O. The molecule has 2 aromatic heterocycles. The Kier molecular flexibility index (Phi) is 4.37. The molecule has 7 heteroatoms. The quantitative estimate of drug-likeness (QED) is 0.831. The van der Waals surface area contributed by atoms with Crippen LogP contribution in [0.15, 0.2) is 10.6 Å². The van der Waals surface area contributed by atoms with Crippen LogP contribution >= 0.6 is 0 Å². The zero-order valence-corrected chi connectivity index (χ0v) is 15.4. The van der Waals surface area contributed by atoms with Crippen molar-refractivity contribution in [2.75, 3.05) is 7.05 Å². The van der Waals surface area contributed by atoms with Gasteiger partial charge in [-0.05, 0) is 38.6 Å². The topological polar surface area (TPSA) is 86.0 Å². The number of hydrogen-bond acceptors (Lipinski definition) is 6. The first-order chi connectivity index (χ1) is 12.0. The molecule has 0 spiro atoms. The minimum Gasteiger partial charge on any atom is -0.360 e. The minimum absolute atomic E-state index is 0.335. The number of rotatable bonds is 7. The summed E-state index contributed by atoms with van der Waals surface area (Å²) in [5.74, 6) is 3.98. The molecule has 2 aliphatic rings. The number of nitrogens with two attached hydrogens (primary N) is 1. The van der Waals surface area contributed by atoms with Crippen LogP contribution in [0.25, 0.3) is 0 Å². The molecule has 136 valence electrons. The van der Waals surface area contributed by atoms with Gasteiger partial charge in [-0.2, -0.15) is 0 Å². The van der Waals surface area contributed by atoms with Gasteiger partial charge in [-0.15, -0.1) is 10.2 Å². The van der Waals surface area contributed by atoms with Gasteiger partial charge in [0.25, 0.3) is 0 Å². The smallest absolute Gasteiger partial charge is 0.150 e. The Hall–Kier alpha value is -1.73. The third kappa shape index (κ3) is 3.48. The fraction of sp³-hybridized carbons (Fsp3) is 0.722. The highest BCUT2D eigenvalue weighted by Gasteiger charge is 2.37. The van der Waals surface area contributed by atoms with E-state index in [1.54, 1.807) is 0 Å². The monoisotopic (exact) mass is 344 g/mol. The molecule has 2 N–H and O–H groups in total. The Morgan fingerprint density at radius 2 is 2.04 bits per heavy atom. The maximum Gasteiger partial charge on any atom is 0.150 e. The second kappa shape index (κ2) is 6.53. The normalized spacial score (nSPS) is 23.4. The van der Waals surface area contributed by atoms with Crippen molar-refractivity contribution < 1.29 is 4.52 Å². The molecule has 2 saturated carbocycles. The average molecular weight is 344 g/mol. The van der Waals surface area contributed by atoms with E-state index in [0.717, 1.165) is 49.0 Å². The van der Waals surface area contributed by atoms with Crippen LogP contribution < -0.4 is 5.73 Å².